The lowest BCUT2D eigenvalue weighted by Crippen LogP contribution is -2.29. The number of nitrogens with zero attached hydrogens (tertiary/aromatic N) is 1. The predicted octanol–water partition coefficient (Wildman–Crippen LogP) is 4.86. The maximum absolute atomic E-state index is 4.77. The normalized spacial score (nSPS) is 18.5. The van der Waals surface area contributed by atoms with Gasteiger partial charge in [-0.25, -0.2) is 0 Å². The zero-order valence-electron chi connectivity index (χ0n) is 13.0. The molecule has 1 saturated carbocycles. The molecule has 112 valence electrons. The first-order valence-corrected chi connectivity index (χ1v) is 8.47. The highest BCUT2D eigenvalue weighted by molar-refractivity contribution is 5.84. The third-order valence-corrected chi connectivity index (χ3v) is 4.79. The van der Waals surface area contributed by atoms with E-state index in [1.54, 1.807) is 0 Å². The summed E-state index contributed by atoms with van der Waals surface area (Å²) in [7, 11) is 0. The summed E-state index contributed by atoms with van der Waals surface area (Å²) in [5.41, 5.74) is 1.25. The quantitative estimate of drug-likeness (QED) is 0.810. The van der Waals surface area contributed by atoms with Crippen LogP contribution in [0.15, 0.2) is 36.5 Å². The smallest absolute Gasteiger partial charge is 0.0654 e. The molecule has 1 aromatic carbocycles. The topological polar surface area (TPSA) is 24.9 Å². The molecule has 2 heteroatoms. The maximum atomic E-state index is 4.77. The van der Waals surface area contributed by atoms with E-state index >= 15 is 0 Å². The van der Waals surface area contributed by atoms with Gasteiger partial charge in [-0.3, -0.25) is 4.98 Å². The molecule has 2 aromatic rings. The minimum absolute atomic E-state index is 0.402. The first-order chi connectivity index (χ1) is 10.4. The number of hydrogen-bond donors (Lipinski definition) is 1. The van der Waals surface area contributed by atoms with Gasteiger partial charge in [-0.05, 0) is 36.8 Å². The average molecular weight is 282 g/mol. The highest BCUT2D eigenvalue weighted by Gasteiger charge is 2.25. The SMILES string of the molecule is CCNC(c1nccc2ccccc12)C1CCCCCC1. The van der Waals surface area contributed by atoms with E-state index in [1.807, 2.05) is 6.20 Å². The summed E-state index contributed by atoms with van der Waals surface area (Å²) in [6.07, 6.45) is 10.2. The van der Waals surface area contributed by atoms with E-state index in [1.165, 1.54) is 55.0 Å². The van der Waals surface area contributed by atoms with Crippen LogP contribution in [0.4, 0.5) is 0 Å². The molecule has 21 heavy (non-hydrogen) atoms. The van der Waals surface area contributed by atoms with Crippen LogP contribution in [0.25, 0.3) is 10.8 Å². The molecule has 1 aromatic heterocycles. The minimum atomic E-state index is 0.402. The Morgan fingerprint density at radius 1 is 1.10 bits per heavy atom. The molecule has 3 rings (SSSR count). The van der Waals surface area contributed by atoms with Crippen molar-refractivity contribution in [3.8, 4) is 0 Å². The van der Waals surface area contributed by atoms with Crippen LogP contribution < -0.4 is 5.32 Å². The van der Waals surface area contributed by atoms with E-state index in [0.717, 1.165) is 12.5 Å². The summed E-state index contributed by atoms with van der Waals surface area (Å²) in [6.45, 7) is 3.21. The first-order valence-electron chi connectivity index (χ1n) is 8.47. The summed E-state index contributed by atoms with van der Waals surface area (Å²) in [6, 6.07) is 11.2. The molecule has 1 aliphatic rings. The van der Waals surface area contributed by atoms with Crippen molar-refractivity contribution < 1.29 is 0 Å². The van der Waals surface area contributed by atoms with Crippen molar-refractivity contribution in [1.82, 2.24) is 10.3 Å². The second kappa shape index (κ2) is 7.04. The Labute approximate surface area is 128 Å². The van der Waals surface area contributed by atoms with Crippen molar-refractivity contribution in [3.63, 3.8) is 0 Å². The average Bonchev–Trinajstić information content (AvgIpc) is 2.81. The van der Waals surface area contributed by atoms with Gasteiger partial charge in [-0.1, -0.05) is 56.9 Å². The van der Waals surface area contributed by atoms with Gasteiger partial charge in [0.1, 0.15) is 0 Å². The number of pyridine rings is 1. The molecule has 0 radical (unpaired) electrons. The van der Waals surface area contributed by atoms with E-state index in [4.69, 9.17) is 4.98 Å². The van der Waals surface area contributed by atoms with Crippen molar-refractivity contribution in [1.29, 1.82) is 0 Å². The first kappa shape index (κ1) is 14.5. The van der Waals surface area contributed by atoms with Crippen LogP contribution in [-0.4, -0.2) is 11.5 Å². The zero-order chi connectivity index (χ0) is 14.5. The van der Waals surface area contributed by atoms with Crippen LogP contribution in [0.5, 0.6) is 0 Å². The van der Waals surface area contributed by atoms with Crippen LogP contribution in [0, 0.1) is 5.92 Å². The molecule has 1 aliphatic carbocycles. The lowest BCUT2D eigenvalue weighted by atomic mass is 9.87. The zero-order valence-corrected chi connectivity index (χ0v) is 13.0. The molecule has 0 bridgehead atoms. The van der Waals surface area contributed by atoms with E-state index in [0.29, 0.717) is 6.04 Å². The highest BCUT2D eigenvalue weighted by atomic mass is 14.9. The second-order valence-corrected chi connectivity index (χ2v) is 6.20. The van der Waals surface area contributed by atoms with Crippen molar-refractivity contribution in [3.05, 3.63) is 42.2 Å². The van der Waals surface area contributed by atoms with Gasteiger partial charge in [-0.15, -0.1) is 0 Å². The fourth-order valence-corrected chi connectivity index (χ4v) is 3.74. The molecule has 0 spiro atoms. The van der Waals surface area contributed by atoms with Crippen molar-refractivity contribution in [2.45, 2.75) is 51.5 Å². The van der Waals surface area contributed by atoms with E-state index < -0.39 is 0 Å². The standard InChI is InChI=1S/C19H26N2/c1-2-20-18(16-10-5-3-4-6-11-16)19-17-12-8-7-9-15(17)13-14-21-19/h7-9,12-14,16,18,20H,2-6,10-11H2,1H3. The van der Waals surface area contributed by atoms with Gasteiger partial charge >= 0.3 is 0 Å². The lowest BCUT2D eigenvalue weighted by molar-refractivity contribution is 0.326. The molecule has 0 saturated heterocycles. The van der Waals surface area contributed by atoms with Gasteiger partial charge in [0.25, 0.3) is 0 Å². The molecule has 0 aliphatic heterocycles. The molecule has 1 atom stereocenters. The molecule has 0 amide bonds. The molecule has 1 unspecified atom stereocenters. The van der Waals surface area contributed by atoms with Crippen LogP contribution in [0.1, 0.15) is 57.2 Å². The van der Waals surface area contributed by atoms with Gasteiger partial charge in [0, 0.05) is 11.6 Å². The number of benzene rings is 1. The Morgan fingerprint density at radius 2 is 1.86 bits per heavy atom. The van der Waals surface area contributed by atoms with Crippen molar-refractivity contribution >= 4 is 10.8 Å². The molecule has 1 fully saturated rings. The summed E-state index contributed by atoms with van der Waals surface area (Å²) < 4.78 is 0. The number of nitrogens with one attached hydrogen (secondary N) is 1. The van der Waals surface area contributed by atoms with Crippen LogP contribution >= 0.6 is 0 Å². The second-order valence-electron chi connectivity index (χ2n) is 6.20. The van der Waals surface area contributed by atoms with Gasteiger partial charge in [0.15, 0.2) is 0 Å². The third-order valence-electron chi connectivity index (χ3n) is 4.79. The predicted molar refractivity (Wildman–Crippen MR) is 89.4 cm³/mol. The van der Waals surface area contributed by atoms with Crippen molar-refractivity contribution in [2.24, 2.45) is 5.92 Å². The van der Waals surface area contributed by atoms with E-state index in [2.05, 4.69) is 42.6 Å². The fourth-order valence-electron chi connectivity index (χ4n) is 3.74. The third kappa shape index (κ3) is 3.26. The Balaban J connectivity index is 1.98. The lowest BCUT2D eigenvalue weighted by Gasteiger charge is -2.27. The van der Waals surface area contributed by atoms with E-state index in [-0.39, 0.29) is 0 Å². The fraction of sp³-hybridized carbons (Fsp3) is 0.526. The minimum Gasteiger partial charge on any atom is -0.309 e. The number of rotatable bonds is 4. The van der Waals surface area contributed by atoms with Gasteiger partial charge in [0.05, 0.1) is 11.7 Å². The van der Waals surface area contributed by atoms with Gasteiger partial charge < -0.3 is 5.32 Å². The molecular weight excluding hydrogens is 256 g/mol. The number of hydrogen-bond acceptors (Lipinski definition) is 2. The van der Waals surface area contributed by atoms with Crippen molar-refractivity contribution in [2.75, 3.05) is 6.54 Å². The largest absolute Gasteiger partial charge is 0.309 e. The molecule has 2 nitrogen and oxygen atoms in total. The van der Waals surface area contributed by atoms with Gasteiger partial charge in [0.2, 0.25) is 0 Å². The number of aromatic nitrogens is 1. The van der Waals surface area contributed by atoms with E-state index in [9.17, 15) is 0 Å². The highest BCUT2D eigenvalue weighted by Crippen LogP contribution is 2.35. The monoisotopic (exact) mass is 282 g/mol. The van der Waals surface area contributed by atoms with Crippen LogP contribution in [0.3, 0.4) is 0 Å². The summed E-state index contributed by atoms with van der Waals surface area (Å²) in [5, 5.41) is 6.35. The Kier molecular flexibility index (Phi) is 4.87. The summed E-state index contributed by atoms with van der Waals surface area (Å²) in [5.74, 6) is 0.728. The molecule has 1 N–H and O–H groups in total. The molecular formula is C19H26N2. The number of fused-ring (bicyclic) bond motifs is 1. The summed E-state index contributed by atoms with van der Waals surface area (Å²) in [4.78, 5) is 4.77. The van der Waals surface area contributed by atoms with Crippen LogP contribution in [0.2, 0.25) is 0 Å². The Morgan fingerprint density at radius 3 is 2.62 bits per heavy atom. The Bertz CT molecular complexity index is 565. The van der Waals surface area contributed by atoms with Crippen LogP contribution in [-0.2, 0) is 0 Å². The Hall–Kier alpha value is -1.41. The molecule has 1 heterocycles. The van der Waals surface area contributed by atoms with Gasteiger partial charge in [-0.2, -0.15) is 0 Å². The summed E-state index contributed by atoms with van der Waals surface area (Å²) >= 11 is 0. The maximum Gasteiger partial charge on any atom is 0.0654 e.